The van der Waals surface area contributed by atoms with Gasteiger partial charge >= 0.3 is 0 Å². The molecule has 2 heterocycles. The Bertz CT molecular complexity index is 201. The molecule has 0 aromatic rings. The minimum Gasteiger partial charge on any atom is -0.379 e. The molecule has 0 aromatic carbocycles. The van der Waals surface area contributed by atoms with E-state index < -0.39 is 0 Å². The third kappa shape index (κ3) is 3.14. The highest BCUT2D eigenvalue weighted by molar-refractivity contribution is 4.81. The SMILES string of the molecule is CC1CN(CC2COCC2N)CCCO1. The van der Waals surface area contributed by atoms with Crippen molar-refractivity contribution in [3.05, 3.63) is 0 Å². The molecular formula is C11H22N2O2. The Morgan fingerprint density at radius 2 is 2.27 bits per heavy atom. The topological polar surface area (TPSA) is 47.7 Å². The average molecular weight is 214 g/mol. The highest BCUT2D eigenvalue weighted by atomic mass is 16.5. The summed E-state index contributed by atoms with van der Waals surface area (Å²) in [6.07, 6.45) is 1.48. The second-order valence-electron chi connectivity index (χ2n) is 4.76. The number of ether oxygens (including phenoxy) is 2. The van der Waals surface area contributed by atoms with Gasteiger partial charge in [0.15, 0.2) is 0 Å². The first kappa shape index (κ1) is 11.3. The molecule has 15 heavy (non-hydrogen) atoms. The lowest BCUT2D eigenvalue weighted by molar-refractivity contribution is 0.0647. The van der Waals surface area contributed by atoms with E-state index in [4.69, 9.17) is 15.2 Å². The third-order valence-electron chi connectivity index (χ3n) is 3.28. The van der Waals surface area contributed by atoms with Crippen LogP contribution in [0.1, 0.15) is 13.3 Å². The molecular weight excluding hydrogens is 192 g/mol. The molecule has 0 spiro atoms. The maximum absolute atomic E-state index is 5.99. The zero-order chi connectivity index (χ0) is 10.7. The number of hydrogen-bond acceptors (Lipinski definition) is 4. The predicted molar refractivity (Wildman–Crippen MR) is 58.8 cm³/mol. The quantitative estimate of drug-likeness (QED) is 0.707. The van der Waals surface area contributed by atoms with Crippen molar-refractivity contribution in [2.45, 2.75) is 25.5 Å². The van der Waals surface area contributed by atoms with Crippen LogP contribution in [0, 0.1) is 5.92 Å². The molecule has 0 radical (unpaired) electrons. The fourth-order valence-electron chi connectivity index (χ4n) is 2.38. The summed E-state index contributed by atoms with van der Waals surface area (Å²) >= 11 is 0. The van der Waals surface area contributed by atoms with Crippen LogP contribution in [0.3, 0.4) is 0 Å². The van der Waals surface area contributed by atoms with Gasteiger partial charge < -0.3 is 20.1 Å². The Labute approximate surface area is 91.7 Å². The highest BCUT2D eigenvalue weighted by Crippen LogP contribution is 2.15. The molecule has 0 aliphatic carbocycles. The van der Waals surface area contributed by atoms with E-state index in [1.54, 1.807) is 0 Å². The Morgan fingerprint density at radius 3 is 3.00 bits per heavy atom. The molecule has 2 saturated heterocycles. The van der Waals surface area contributed by atoms with Crippen molar-refractivity contribution >= 4 is 0 Å². The molecule has 88 valence electrons. The number of rotatable bonds is 2. The van der Waals surface area contributed by atoms with Gasteiger partial charge in [-0.2, -0.15) is 0 Å². The highest BCUT2D eigenvalue weighted by Gasteiger charge is 2.27. The fraction of sp³-hybridized carbons (Fsp3) is 1.00. The van der Waals surface area contributed by atoms with Crippen molar-refractivity contribution in [3.8, 4) is 0 Å². The molecule has 0 saturated carbocycles. The molecule has 0 amide bonds. The molecule has 2 N–H and O–H groups in total. The number of nitrogens with two attached hydrogens (primary N) is 1. The lowest BCUT2D eigenvalue weighted by atomic mass is 10.0. The van der Waals surface area contributed by atoms with Gasteiger partial charge in [-0.25, -0.2) is 0 Å². The van der Waals surface area contributed by atoms with E-state index in [0.29, 0.717) is 12.0 Å². The molecule has 0 bridgehead atoms. The van der Waals surface area contributed by atoms with Gasteiger partial charge in [-0.3, -0.25) is 0 Å². The third-order valence-corrected chi connectivity index (χ3v) is 3.28. The maximum atomic E-state index is 5.99. The molecule has 2 aliphatic heterocycles. The summed E-state index contributed by atoms with van der Waals surface area (Å²) in [6.45, 7) is 7.82. The number of nitrogens with zero attached hydrogens (tertiary/aromatic N) is 1. The molecule has 4 heteroatoms. The fourth-order valence-corrected chi connectivity index (χ4v) is 2.38. The first-order chi connectivity index (χ1) is 7.25. The molecule has 2 aliphatic rings. The van der Waals surface area contributed by atoms with Gasteiger partial charge in [-0.05, 0) is 13.3 Å². The minimum atomic E-state index is 0.226. The van der Waals surface area contributed by atoms with E-state index in [1.807, 2.05) is 0 Å². The van der Waals surface area contributed by atoms with Crippen LogP contribution in [0.4, 0.5) is 0 Å². The van der Waals surface area contributed by atoms with Crippen molar-refractivity contribution in [3.63, 3.8) is 0 Å². The first-order valence-corrected chi connectivity index (χ1v) is 5.93. The van der Waals surface area contributed by atoms with Crippen LogP contribution in [-0.4, -0.2) is 56.5 Å². The Balaban J connectivity index is 1.81. The molecule has 0 aromatic heterocycles. The summed E-state index contributed by atoms with van der Waals surface area (Å²) in [4.78, 5) is 2.47. The van der Waals surface area contributed by atoms with Crippen molar-refractivity contribution in [1.82, 2.24) is 4.90 Å². The summed E-state index contributed by atoms with van der Waals surface area (Å²) in [5, 5.41) is 0. The normalized spacial score (nSPS) is 39.2. The summed E-state index contributed by atoms with van der Waals surface area (Å²) in [5.74, 6) is 0.510. The van der Waals surface area contributed by atoms with E-state index >= 15 is 0 Å². The average Bonchev–Trinajstić information content (AvgIpc) is 2.48. The maximum Gasteiger partial charge on any atom is 0.0673 e. The van der Waals surface area contributed by atoms with Gasteiger partial charge in [-0.15, -0.1) is 0 Å². The lowest BCUT2D eigenvalue weighted by Gasteiger charge is -2.25. The second-order valence-corrected chi connectivity index (χ2v) is 4.76. The summed E-state index contributed by atoms with van der Waals surface area (Å²) < 4.78 is 11.0. The molecule has 2 rings (SSSR count). The monoisotopic (exact) mass is 214 g/mol. The van der Waals surface area contributed by atoms with Crippen LogP contribution < -0.4 is 5.73 Å². The van der Waals surface area contributed by atoms with E-state index in [1.165, 1.54) is 0 Å². The van der Waals surface area contributed by atoms with Crippen LogP contribution in [0.5, 0.6) is 0 Å². The Kier molecular flexibility index (Phi) is 3.97. The van der Waals surface area contributed by atoms with Crippen molar-refractivity contribution < 1.29 is 9.47 Å². The van der Waals surface area contributed by atoms with Crippen LogP contribution in [0.15, 0.2) is 0 Å². The first-order valence-electron chi connectivity index (χ1n) is 5.93. The summed E-state index contributed by atoms with van der Waals surface area (Å²) in [6, 6.07) is 0.226. The smallest absolute Gasteiger partial charge is 0.0673 e. The summed E-state index contributed by atoms with van der Waals surface area (Å²) in [7, 11) is 0. The van der Waals surface area contributed by atoms with Crippen molar-refractivity contribution in [1.29, 1.82) is 0 Å². The van der Waals surface area contributed by atoms with Crippen LogP contribution in [-0.2, 0) is 9.47 Å². The van der Waals surface area contributed by atoms with Crippen LogP contribution in [0.25, 0.3) is 0 Å². The zero-order valence-electron chi connectivity index (χ0n) is 9.52. The Hall–Kier alpha value is -0.160. The molecule has 3 atom stereocenters. The second kappa shape index (κ2) is 5.25. The van der Waals surface area contributed by atoms with Gasteiger partial charge in [-0.1, -0.05) is 0 Å². The van der Waals surface area contributed by atoms with Gasteiger partial charge in [0.05, 0.1) is 19.3 Å². The largest absolute Gasteiger partial charge is 0.379 e. The van der Waals surface area contributed by atoms with Crippen LogP contribution >= 0.6 is 0 Å². The van der Waals surface area contributed by atoms with Gasteiger partial charge in [0.1, 0.15) is 0 Å². The molecule has 2 fully saturated rings. The standard InChI is InChI=1S/C11H22N2O2/c1-9-5-13(3-2-4-15-9)6-10-7-14-8-11(10)12/h9-11H,2-8,12H2,1H3. The zero-order valence-corrected chi connectivity index (χ0v) is 9.52. The molecule has 3 unspecified atom stereocenters. The lowest BCUT2D eigenvalue weighted by Crippen LogP contribution is -2.40. The van der Waals surface area contributed by atoms with Gasteiger partial charge in [0.25, 0.3) is 0 Å². The van der Waals surface area contributed by atoms with Crippen LogP contribution in [0.2, 0.25) is 0 Å². The molecule has 4 nitrogen and oxygen atoms in total. The van der Waals surface area contributed by atoms with E-state index in [2.05, 4.69) is 11.8 Å². The van der Waals surface area contributed by atoms with Gasteiger partial charge in [0, 0.05) is 38.2 Å². The van der Waals surface area contributed by atoms with E-state index in [9.17, 15) is 0 Å². The predicted octanol–water partition coefficient (Wildman–Crippen LogP) is 0.0709. The minimum absolute atomic E-state index is 0.226. The van der Waals surface area contributed by atoms with E-state index in [0.717, 1.165) is 45.9 Å². The van der Waals surface area contributed by atoms with Gasteiger partial charge in [0.2, 0.25) is 0 Å². The number of hydrogen-bond donors (Lipinski definition) is 1. The summed E-state index contributed by atoms with van der Waals surface area (Å²) in [5.41, 5.74) is 5.99. The van der Waals surface area contributed by atoms with Crippen molar-refractivity contribution in [2.75, 3.05) is 39.5 Å². The van der Waals surface area contributed by atoms with E-state index in [-0.39, 0.29) is 6.04 Å². The van der Waals surface area contributed by atoms with Crippen molar-refractivity contribution in [2.24, 2.45) is 11.7 Å². The Morgan fingerprint density at radius 1 is 1.40 bits per heavy atom.